The van der Waals surface area contributed by atoms with E-state index in [1.165, 1.54) is 0 Å². The van der Waals surface area contributed by atoms with E-state index in [-0.39, 0.29) is 0 Å². The standard InChI is InChI=1S/C21H13BrN2O3/c22-17-10-12-18(13-11-17)26-21(25)16-8-6-15(7-9-16)20-24-23-19(27-20)14-4-2-1-3-5-14/h1-13H. The third-order valence-electron chi connectivity index (χ3n) is 3.84. The first kappa shape index (κ1) is 17.2. The van der Waals surface area contributed by atoms with E-state index in [9.17, 15) is 4.79 Å². The summed E-state index contributed by atoms with van der Waals surface area (Å²) in [7, 11) is 0. The minimum atomic E-state index is -0.431. The zero-order valence-corrected chi connectivity index (χ0v) is 15.6. The number of rotatable bonds is 4. The highest BCUT2D eigenvalue weighted by molar-refractivity contribution is 9.10. The number of esters is 1. The van der Waals surface area contributed by atoms with Crippen molar-refractivity contribution >= 4 is 21.9 Å². The molecule has 0 atom stereocenters. The quantitative estimate of drug-likeness (QED) is 0.327. The molecule has 1 aromatic heterocycles. The van der Waals surface area contributed by atoms with Crippen molar-refractivity contribution in [2.45, 2.75) is 0 Å². The first-order valence-corrected chi connectivity index (χ1v) is 8.95. The summed E-state index contributed by atoms with van der Waals surface area (Å²) in [6.07, 6.45) is 0. The second-order valence-electron chi connectivity index (χ2n) is 5.70. The van der Waals surface area contributed by atoms with Gasteiger partial charge in [0.1, 0.15) is 5.75 Å². The van der Waals surface area contributed by atoms with Gasteiger partial charge in [-0.15, -0.1) is 10.2 Å². The van der Waals surface area contributed by atoms with Gasteiger partial charge >= 0.3 is 5.97 Å². The number of nitrogens with zero attached hydrogens (tertiary/aromatic N) is 2. The topological polar surface area (TPSA) is 65.2 Å². The van der Waals surface area contributed by atoms with Gasteiger partial charge in [-0.1, -0.05) is 34.1 Å². The molecule has 0 aliphatic carbocycles. The van der Waals surface area contributed by atoms with E-state index in [1.807, 2.05) is 42.5 Å². The first-order chi connectivity index (χ1) is 13.2. The van der Waals surface area contributed by atoms with Gasteiger partial charge in [0.05, 0.1) is 5.56 Å². The number of benzene rings is 3. The molecule has 4 aromatic rings. The number of ether oxygens (including phenoxy) is 1. The molecule has 0 aliphatic rings. The lowest BCUT2D eigenvalue weighted by atomic mass is 10.1. The van der Waals surface area contributed by atoms with Crippen molar-refractivity contribution in [1.82, 2.24) is 10.2 Å². The molecule has 0 N–H and O–H groups in total. The lowest BCUT2D eigenvalue weighted by molar-refractivity contribution is 0.0735. The minimum Gasteiger partial charge on any atom is -0.423 e. The zero-order chi connectivity index (χ0) is 18.6. The Bertz CT molecular complexity index is 1060. The maximum atomic E-state index is 12.3. The molecule has 0 saturated carbocycles. The van der Waals surface area contributed by atoms with Crippen LogP contribution in [0.25, 0.3) is 22.9 Å². The largest absolute Gasteiger partial charge is 0.423 e. The molecule has 0 bridgehead atoms. The minimum absolute atomic E-state index is 0.390. The highest BCUT2D eigenvalue weighted by atomic mass is 79.9. The van der Waals surface area contributed by atoms with E-state index in [0.717, 1.165) is 15.6 Å². The van der Waals surface area contributed by atoms with E-state index < -0.39 is 5.97 Å². The summed E-state index contributed by atoms with van der Waals surface area (Å²) in [5, 5.41) is 8.15. The van der Waals surface area contributed by atoms with Crippen LogP contribution in [-0.4, -0.2) is 16.2 Å². The number of hydrogen-bond donors (Lipinski definition) is 0. The van der Waals surface area contributed by atoms with Crippen LogP contribution in [0.2, 0.25) is 0 Å². The summed E-state index contributed by atoms with van der Waals surface area (Å²) in [5.41, 5.74) is 2.01. The second kappa shape index (κ2) is 7.55. The molecule has 1 heterocycles. The molecule has 4 rings (SSSR count). The van der Waals surface area contributed by atoms with Crippen molar-refractivity contribution in [2.75, 3.05) is 0 Å². The van der Waals surface area contributed by atoms with Crippen molar-refractivity contribution in [3.8, 4) is 28.7 Å². The molecule has 0 saturated heterocycles. The van der Waals surface area contributed by atoms with Gasteiger partial charge in [-0.05, 0) is 60.7 Å². The molecule has 3 aromatic carbocycles. The molecule has 0 amide bonds. The van der Waals surface area contributed by atoms with E-state index in [2.05, 4.69) is 26.1 Å². The summed E-state index contributed by atoms with van der Waals surface area (Å²) in [6, 6.07) is 23.4. The van der Waals surface area contributed by atoms with Crippen LogP contribution in [0, 0.1) is 0 Å². The van der Waals surface area contributed by atoms with Gasteiger partial charge < -0.3 is 9.15 Å². The summed E-state index contributed by atoms with van der Waals surface area (Å²) >= 11 is 3.34. The number of halogens is 1. The van der Waals surface area contributed by atoms with Crippen molar-refractivity contribution in [1.29, 1.82) is 0 Å². The lowest BCUT2D eigenvalue weighted by Crippen LogP contribution is -2.08. The van der Waals surface area contributed by atoms with Crippen LogP contribution in [0.15, 0.2) is 87.8 Å². The third kappa shape index (κ3) is 3.96. The fourth-order valence-corrected chi connectivity index (χ4v) is 2.72. The molecule has 0 unspecified atom stereocenters. The van der Waals surface area contributed by atoms with Crippen molar-refractivity contribution < 1.29 is 13.9 Å². The lowest BCUT2D eigenvalue weighted by Gasteiger charge is -2.04. The van der Waals surface area contributed by atoms with Crippen LogP contribution in [0.4, 0.5) is 0 Å². The predicted octanol–water partition coefficient (Wildman–Crippen LogP) is 5.39. The number of aromatic nitrogens is 2. The van der Waals surface area contributed by atoms with Gasteiger partial charge in [0, 0.05) is 15.6 Å². The van der Waals surface area contributed by atoms with Gasteiger partial charge in [-0.25, -0.2) is 4.79 Å². The molecule has 5 nitrogen and oxygen atoms in total. The van der Waals surface area contributed by atoms with Crippen LogP contribution in [0.3, 0.4) is 0 Å². The monoisotopic (exact) mass is 420 g/mol. The predicted molar refractivity (Wildman–Crippen MR) is 104 cm³/mol. The van der Waals surface area contributed by atoms with Gasteiger partial charge in [-0.2, -0.15) is 0 Å². The Kier molecular flexibility index (Phi) is 4.80. The number of hydrogen-bond acceptors (Lipinski definition) is 5. The highest BCUT2D eigenvalue weighted by Gasteiger charge is 2.13. The second-order valence-corrected chi connectivity index (χ2v) is 6.61. The smallest absolute Gasteiger partial charge is 0.343 e. The van der Waals surface area contributed by atoms with Crippen LogP contribution < -0.4 is 4.74 Å². The van der Waals surface area contributed by atoms with Crippen LogP contribution in [0.1, 0.15) is 10.4 Å². The van der Waals surface area contributed by atoms with Crippen LogP contribution in [0.5, 0.6) is 5.75 Å². The Labute approximate surface area is 163 Å². The van der Waals surface area contributed by atoms with Crippen molar-refractivity contribution in [3.63, 3.8) is 0 Å². The zero-order valence-electron chi connectivity index (χ0n) is 14.0. The maximum Gasteiger partial charge on any atom is 0.343 e. The average molecular weight is 421 g/mol. The van der Waals surface area contributed by atoms with Gasteiger partial charge in [0.2, 0.25) is 11.8 Å². The number of carbonyl (C=O) groups excluding carboxylic acids is 1. The Hall–Kier alpha value is -3.25. The fraction of sp³-hybridized carbons (Fsp3) is 0. The van der Waals surface area contributed by atoms with Crippen LogP contribution in [-0.2, 0) is 0 Å². The van der Waals surface area contributed by atoms with Gasteiger partial charge in [-0.3, -0.25) is 0 Å². The van der Waals surface area contributed by atoms with Crippen LogP contribution >= 0.6 is 15.9 Å². The molecule has 6 heteroatoms. The maximum absolute atomic E-state index is 12.3. The van der Waals surface area contributed by atoms with Crippen molar-refractivity contribution in [3.05, 3.63) is 88.9 Å². The molecular weight excluding hydrogens is 408 g/mol. The highest BCUT2D eigenvalue weighted by Crippen LogP contribution is 2.24. The molecule has 0 radical (unpaired) electrons. The Balaban J connectivity index is 1.50. The fourth-order valence-electron chi connectivity index (χ4n) is 2.45. The Morgan fingerprint density at radius 2 is 1.37 bits per heavy atom. The summed E-state index contributed by atoms with van der Waals surface area (Å²) < 4.78 is 12.0. The van der Waals surface area contributed by atoms with E-state index in [0.29, 0.717) is 23.1 Å². The Morgan fingerprint density at radius 1 is 0.778 bits per heavy atom. The van der Waals surface area contributed by atoms with E-state index in [4.69, 9.17) is 9.15 Å². The summed E-state index contributed by atoms with van der Waals surface area (Å²) in [5.74, 6) is 0.891. The molecule has 27 heavy (non-hydrogen) atoms. The normalized spacial score (nSPS) is 10.6. The molecule has 0 spiro atoms. The first-order valence-electron chi connectivity index (χ1n) is 8.16. The molecule has 132 valence electrons. The van der Waals surface area contributed by atoms with Gasteiger partial charge in [0.25, 0.3) is 0 Å². The summed E-state index contributed by atoms with van der Waals surface area (Å²) in [4.78, 5) is 12.3. The SMILES string of the molecule is O=C(Oc1ccc(Br)cc1)c1ccc(-c2nnc(-c3ccccc3)o2)cc1. The number of carbonyl (C=O) groups is 1. The van der Waals surface area contributed by atoms with Gasteiger partial charge in [0.15, 0.2) is 0 Å². The molecular formula is C21H13BrN2O3. The van der Waals surface area contributed by atoms with E-state index >= 15 is 0 Å². The molecule has 0 aliphatic heterocycles. The molecule has 0 fully saturated rings. The van der Waals surface area contributed by atoms with E-state index in [1.54, 1.807) is 36.4 Å². The summed E-state index contributed by atoms with van der Waals surface area (Å²) in [6.45, 7) is 0. The third-order valence-corrected chi connectivity index (χ3v) is 4.37. The average Bonchev–Trinajstić information content (AvgIpc) is 3.21. The van der Waals surface area contributed by atoms with Crippen molar-refractivity contribution in [2.24, 2.45) is 0 Å². The Morgan fingerprint density at radius 3 is 2.00 bits per heavy atom.